The number of amides is 2. The first-order valence-corrected chi connectivity index (χ1v) is 11.1. The molecule has 33 heavy (non-hydrogen) atoms. The lowest BCUT2D eigenvalue weighted by molar-refractivity contribution is 0.0442. The fraction of sp³-hybridized carbons (Fsp3) is 0.320. The molecule has 0 atom stereocenters. The number of furan rings is 1. The number of hydrogen-bond acceptors (Lipinski definition) is 5. The molecule has 1 saturated carbocycles. The second kappa shape index (κ2) is 6.84. The summed E-state index contributed by atoms with van der Waals surface area (Å²) in [5.74, 6) is 1.58. The first-order valence-electron chi connectivity index (χ1n) is 11.1. The smallest absolute Gasteiger partial charge is 0.255 e. The zero-order valence-corrected chi connectivity index (χ0v) is 18.8. The van der Waals surface area contributed by atoms with E-state index in [1.165, 1.54) is 12.8 Å². The third-order valence-corrected chi connectivity index (χ3v) is 6.94. The zero-order chi connectivity index (χ0) is 22.9. The van der Waals surface area contributed by atoms with Gasteiger partial charge >= 0.3 is 0 Å². The first kappa shape index (κ1) is 19.8. The van der Waals surface area contributed by atoms with Crippen LogP contribution in [0.2, 0.25) is 0 Å². The van der Waals surface area contributed by atoms with Gasteiger partial charge in [-0.15, -0.1) is 0 Å². The van der Waals surface area contributed by atoms with Crippen LogP contribution in [0.25, 0.3) is 16.5 Å². The van der Waals surface area contributed by atoms with Gasteiger partial charge in [0.15, 0.2) is 5.75 Å². The number of aryl methyl sites for hydroxylation is 2. The van der Waals surface area contributed by atoms with Gasteiger partial charge in [0.1, 0.15) is 22.6 Å². The van der Waals surface area contributed by atoms with Gasteiger partial charge in [0.25, 0.3) is 11.8 Å². The van der Waals surface area contributed by atoms with E-state index >= 15 is 0 Å². The minimum Gasteiger partial charge on any atom is -0.460 e. The molecule has 4 heterocycles. The number of nitrogens with one attached hydrogen (secondary N) is 1. The number of ether oxygens (including phenoxy) is 1. The van der Waals surface area contributed by atoms with E-state index in [2.05, 4.69) is 10.4 Å². The van der Waals surface area contributed by atoms with Crippen molar-refractivity contribution >= 4 is 28.3 Å². The number of likely N-dealkylation sites (tertiary alicyclic amines) is 1. The summed E-state index contributed by atoms with van der Waals surface area (Å²) < 4.78 is 13.7. The lowest BCUT2D eigenvalue weighted by Gasteiger charge is -2.39. The van der Waals surface area contributed by atoms with E-state index in [-0.39, 0.29) is 11.8 Å². The average molecular weight is 444 g/mol. The molecule has 1 N–H and O–H groups in total. The van der Waals surface area contributed by atoms with Crippen molar-refractivity contribution < 1.29 is 18.7 Å². The highest BCUT2D eigenvalue weighted by atomic mass is 16.5. The molecule has 0 unspecified atom stereocenters. The summed E-state index contributed by atoms with van der Waals surface area (Å²) in [7, 11) is 1.59. The summed E-state index contributed by atoms with van der Waals surface area (Å²) in [6.45, 7) is 5.41. The van der Waals surface area contributed by atoms with Crippen LogP contribution in [0.3, 0.4) is 0 Å². The lowest BCUT2D eigenvalue weighted by atomic mass is 9.95. The minimum absolute atomic E-state index is 0.0516. The Bertz CT molecular complexity index is 1450. The molecular weight excluding hydrogens is 420 g/mol. The average Bonchev–Trinajstić information content (AvgIpc) is 3.42. The predicted octanol–water partition coefficient (Wildman–Crippen LogP) is 4.09. The van der Waals surface area contributed by atoms with Crippen LogP contribution in [0, 0.1) is 19.3 Å². The van der Waals surface area contributed by atoms with Crippen LogP contribution in [-0.2, 0) is 0 Å². The van der Waals surface area contributed by atoms with Crippen LogP contribution >= 0.6 is 0 Å². The van der Waals surface area contributed by atoms with Crippen LogP contribution in [0.4, 0.5) is 0 Å². The lowest BCUT2D eigenvalue weighted by Crippen LogP contribution is -2.51. The standard InChI is InChI=1S/C25H24N4O4/c1-14-18(24(31)28-12-25(13-28)7-8-25)11-29-22(14)19(6-9-27-29)33-16-4-5-17-20(10-16)32-15(2)21(17)23(30)26-3/h4-6,9-11H,7-8,12-13H2,1-3H3,(H,26,30). The molecule has 6 rings (SSSR count). The monoisotopic (exact) mass is 444 g/mol. The van der Waals surface area contributed by atoms with E-state index in [0.29, 0.717) is 39.4 Å². The van der Waals surface area contributed by atoms with Crippen molar-refractivity contribution in [3.05, 3.63) is 59.1 Å². The van der Waals surface area contributed by atoms with Crippen LogP contribution in [-0.4, -0.2) is 46.5 Å². The molecule has 0 radical (unpaired) electrons. The summed E-state index contributed by atoms with van der Waals surface area (Å²) in [4.78, 5) is 27.2. The molecule has 1 saturated heterocycles. The number of carbonyl (C=O) groups excluding carboxylic acids is 2. The molecule has 3 aromatic heterocycles. The van der Waals surface area contributed by atoms with Gasteiger partial charge in [-0.2, -0.15) is 5.10 Å². The van der Waals surface area contributed by atoms with Gasteiger partial charge in [-0.05, 0) is 44.4 Å². The molecule has 2 amide bonds. The second-order valence-electron chi connectivity index (χ2n) is 9.19. The van der Waals surface area contributed by atoms with Crippen molar-refractivity contribution in [1.29, 1.82) is 0 Å². The summed E-state index contributed by atoms with van der Waals surface area (Å²) in [5, 5.41) is 7.76. The highest BCUT2D eigenvalue weighted by Gasteiger charge is 2.54. The Balaban J connectivity index is 1.34. The van der Waals surface area contributed by atoms with E-state index in [1.807, 2.05) is 17.9 Å². The highest BCUT2D eigenvalue weighted by molar-refractivity contribution is 6.07. The van der Waals surface area contributed by atoms with Crippen molar-refractivity contribution in [3.8, 4) is 11.5 Å². The highest BCUT2D eigenvalue weighted by Crippen LogP contribution is 2.53. The number of rotatable bonds is 4. The topological polar surface area (TPSA) is 89.1 Å². The van der Waals surface area contributed by atoms with Gasteiger partial charge in [0, 0.05) is 49.3 Å². The largest absolute Gasteiger partial charge is 0.460 e. The predicted molar refractivity (Wildman–Crippen MR) is 122 cm³/mol. The molecule has 1 aliphatic carbocycles. The Hall–Kier alpha value is -3.81. The van der Waals surface area contributed by atoms with Crippen LogP contribution in [0.15, 0.2) is 41.1 Å². The molecular formula is C25H24N4O4. The van der Waals surface area contributed by atoms with Gasteiger partial charge in [0.2, 0.25) is 0 Å². The molecule has 8 heteroatoms. The van der Waals surface area contributed by atoms with Crippen molar-refractivity contribution in [2.45, 2.75) is 26.7 Å². The normalized spacial score (nSPS) is 16.3. The van der Waals surface area contributed by atoms with Gasteiger partial charge < -0.3 is 19.4 Å². The van der Waals surface area contributed by atoms with E-state index < -0.39 is 0 Å². The second-order valence-corrected chi connectivity index (χ2v) is 9.19. The van der Waals surface area contributed by atoms with E-state index in [4.69, 9.17) is 9.15 Å². The van der Waals surface area contributed by atoms with Gasteiger partial charge in [-0.1, -0.05) is 0 Å². The quantitative estimate of drug-likeness (QED) is 0.512. The Morgan fingerprint density at radius 1 is 1.18 bits per heavy atom. The molecule has 168 valence electrons. The fourth-order valence-electron chi connectivity index (χ4n) is 4.89. The maximum atomic E-state index is 13.1. The zero-order valence-electron chi connectivity index (χ0n) is 18.8. The summed E-state index contributed by atoms with van der Waals surface area (Å²) in [6, 6.07) is 7.18. The van der Waals surface area contributed by atoms with Crippen LogP contribution < -0.4 is 10.1 Å². The maximum Gasteiger partial charge on any atom is 0.255 e. The Morgan fingerprint density at radius 2 is 1.97 bits per heavy atom. The number of aromatic nitrogens is 2. The van der Waals surface area contributed by atoms with Crippen molar-refractivity contribution in [1.82, 2.24) is 19.8 Å². The van der Waals surface area contributed by atoms with Crippen molar-refractivity contribution in [2.24, 2.45) is 5.41 Å². The van der Waals surface area contributed by atoms with Crippen LogP contribution in [0.5, 0.6) is 11.5 Å². The van der Waals surface area contributed by atoms with E-state index in [1.54, 1.807) is 49.1 Å². The van der Waals surface area contributed by atoms with E-state index in [9.17, 15) is 9.59 Å². The Labute approximate surface area is 190 Å². The number of benzene rings is 1. The van der Waals surface area contributed by atoms with Gasteiger partial charge in [0.05, 0.1) is 17.3 Å². The number of nitrogens with zero attached hydrogens (tertiary/aromatic N) is 3. The molecule has 2 aliphatic rings. The molecule has 1 aromatic carbocycles. The molecule has 8 nitrogen and oxygen atoms in total. The molecule has 1 aliphatic heterocycles. The van der Waals surface area contributed by atoms with Gasteiger partial charge in [-0.3, -0.25) is 9.59 Å². The Morgan fingerprint density at radius 3 is 2.70 bits per heavy atom. The summed E-state index contributed by atoms with van der Waals surface area (Å²) in [6.07, 6.45) is 5.90. The van der Waals surface area contributed by atoms with Crippen LogP contribution in [0.1, 0.15) is 44.9 Å². The summed E-state index contributed by atoms with van der Waals surface area (Å²) >= 11 is 0. The first-order chi connectivity index (χ1) is 15.9. The molecule has 2 fully saturated rings. The number of fused-ring (bicyclic) bond motifs is 2. The SMILES string of the molecule is CNC(=O)c1c(C)oc2cc(Oc3ccnn4cc(C(=O)N5CC6(CC6)C5)c(C)c34)ccc12. The molecule has 4 aromatic rings. The van der Waals surface area contributed by atoms with Gasteiger partial charge in [-0.25, -0.2) is 4.52 Å². The number of carbonyl (C=O) groups is 2. The minimum atomic E-state index is -0.188. The molecule has 0 bridgehead atoms. The van der Waals surface area contributed by atoms with Crippen molar-refractivity contribution in [3.63, 3.8) is 0 Å². The third-order valence-electron chi connectivity index (χ3n) is 6.94. The third kappa shape index (κ3) is 3.01. The molecule has 1 spiro atoms. The van der Waals surface area contributed by atoms with Crippen molar-refractivity contribution in [2.75, 3.05) is 20.1 Å². The summed E-state index contributed by atoms with van der Waals surface area (Å²) in [5.41, 5.74) is 3.76. The fourth-order valence-corrected chi connectivity index (χ4v) is 4.89. The Kier molecular flexibility index (Phi) is 4.11. The van der Waals surface area contributed by atoms with E-state index in [0.717, 1.165) is 29.6 Å². The maximum absolute atomic E-state index is 13.1. The number of hydrogen-bond donors (Lipinski definition) is 1.